The molecule has 176 valence electrons. The quantitative estimate of drug-likeness (QED) is 0.383. The number of carbonyl (C=O) groups is 1. The fourth-order valence-electron chi connectivity index (χ4n) is 3.96. The number of amides is 1. The lowest BCUT2D eigenvalue weighted by Gasteiger charge is -2.11. The predicted octanol–water partition coefficient (Wildman–Crippen LogP) is 4.41. The van der Waals surface area contributed by atoms with E-state index in [1.165, 1.54) is 0 Å². The molecule has 0 spiro atoms. The minimum absolute atomic E-state index is 0.0396. The molecule has 8 nitrogen and oxygen atoms in total. The number of fused-ring (bicyclic) bond motifs is 1. The van der Waals surface area contributed by atoms with Crippen molar-refractivity contribution in [2.24, 2.45) is 0 Å². The molecule has 0 aliphatic rings. The Morgan fingerprint density at radius 1 is 1.06 bits per heavy atom. The average Bonchev–Trinajstić information content (AvgIpc) is 3.54. The summed E-state index contributed by atoms with van der Waals surface area (Å²) in [7, 11) is 0. The van der Waals surface area contributed by atoms with Crippen molar-refractivity contribution in [3.63, 3.8) is 0 Å². The lowest BCUT2D eigenvalue weighted by molar-refractivity contribution is 0.0952. The first kappa shape index (κ1) is 22.3. The maximum Gasteiger partial charge on any atom is 0.252 e. The lowest BCUT2D eigenvalue weighted by atomic mass is 10.1. The smallest absolute Gasteiger partial charge is 0.252 e. The zero-order valence-electron chi connectivity index (χ0n) is 19.5. The molecule has 0 fully saturated rings. The number of pyridine rings is 2. The summed E-state index contributed by atoms with van der Waals surface area (Å²) in [6.45, 7) is 4.90. The van der Waals surface area contributed by atoms with Gasteiger partial charge in [0.2, 0.25) is 0 Å². The molecule has 5 aromatic rings. The molecule has 4 aromatic heterocycles. The van der Waals surface area contributed by atoms with E-state index >= 15 is 0 Å². The Balaban J connectivity index is 1.36. The monoisotopic (exact) mass is 467 g/mol. The fourth-order valence-corrected chi connectivity index (χ4v) is 3.96. The molecule has 0 radical (unpaired) electrons. The lowest BCUT2D eigenvalue weighted by Crippen LogP contribution is -2.23. The molecule has 1 N–H and O–H groups in total. The van der Waals surface area contributed by atoms with Gasteiger partial charge in [-0.2, -0.15) is 5.10 Å². The summed E-state index contributed by atoms with van der Waals surface area (Å²) >= 11 is 0. The van der Waals surface area contributed by atoms with Crippen molar-refractivity contribution in [2.75, 3.05) is 0 Å². The molecular formula is C27H25N5O3. The van der Waals surface area contributed by atoms with Crippen LogP contribution in [0.5, 0.6) is 0 Å². The van der Waals surface area contributed by atoms with E-state index in [4.69, 9.17) is 9.40 Å². The third-order valence-electron chi connectivity index (χ3n) is 5.80. The van der Waals surface area contributed by atoms with Crippen molar-refractivity contribution < 1.29 is 9.21 Å². The molecule has 1 aromatic carbocycles. The Labute approximate surface area is 201 Å². The van der Waals surface area contributed by atoms with Crippen LogP contribution >= 0.6 is 0 Å². The summed E-state index contributed by atoms with van der Waals surface area (Å²) in [6, 6.07) is 18.4. The van der Waals surface area contributed by atoms with E-state index in [9.17, 15) is 9.59 Å². The normalized spacial score (nSPS) is 11.3. The van der Waals surface area contributed by atoms with Crippen molar-refractivity contribution in [3.05, 3.63) is 106 Å². The van der Waals surface area contributed by atoms with Crippen molar-refractivity contribution in [1.29, 1.82) is 0 Å². The van der Waals surface area contributed by atoms with Crippen LogP contribution in [-0.4, -0.2) is 25.2 Å². The molecular weight excluding hydrogens is 442 g/mol. The number of hydrogen-bond acceptors (Lipinski definition) is 5. The second-order valence-corrected chi connectivity index (χ2v) is 8.62. The van der Waals surface area contributed by atoms with Gasteiger partial charge in [-0.1, -0.05) is 30.3 Å². The number of furan rings is 1. The SMILES string of the molecule is CC(C)n1ncc2c(C(=O)NCc3ccc(Cn4ccccc4=O)cc3)cc(-c3ccco3)nc21. The highest BCUT2D eigenvalue weighted by Crippen LogP contribution is 2.26. The Bertz CT molecular complexity index is 1530. The Morgan fingerprint density at radius 2 is 1.86 bits per heavy atom. The van der Waals surface area contributed by atoms with Crippen LogP contribution in [0.4, 0.5) is 0 Å². The summed E-state index contributed by atoms with van der Waals surface area (Å²) in [5.41, 5.74) is 3.64. The van der Waals surface area contributed by atoms with Crippen molar-refractivity contribution in [2.45, 2.75) is 33.0 Å². The van der Waals surface area contributed by atoms with Crippen LogP contribution in [0.3, 0.4) is 0 Å². The minimum atomic E-state index is -0.214. The second-order valence-electron chi connectivity index (χ2n) is 8.62. The highest BCUT2D eigenvalue weighted by Gasteiger charge is 2.19. The van der Waals surface area contributed by atoms with Crippen molar-refractivity contribution >= 4 is 16.9 Å². The van der Waals surface area contributed by atoms with Gasteiger partial charge in [-0.15, -0.1) is 0 Å². The third-order valence-corrected chi connectivity index (χ3v) is 5.80. The van der Waals surface area contributed by atoms with Gasteiger partial charge in [-0.25, -0.2) is 9.67 Å². The van der Waals surface area contributed by atoms with Crippen LogP contribution in [0.25, 0.3) is 22.5 Å². The zero-order chi connectivity index (χ0) is 24.4. The Morgan fingerprint density at radius 3 is 2.57 bits per heavy atom. The first-order valence-electron chi connectivity index (χ1n) is 11.4. The number of hydrogen-bond donors (Lipinski definition) is 1. The van der Waals surface area contributed by atoms with E-state index in [0.717, 1.165) is 11.1 Å². The van der Waals surface area contributed by atoms with Crippen LogP contribution < -0.4 is 10.9 Å². The standard InChI is InChI=1S/C27H25N5O3/c1-18(2)32-26-22(16-29-32)21(14-23(30-26)24-6-5-13-35-24)27(34)28-15-19-8-10-20(11-9-19)17-31-12-4-3-7-25(31)33/h3-14,16,18H,15,17H2,1-2H3,(H,28,34). The molecule has 0 aliphatic heterocycles. The van der Waals surface area contributed by atoms with Gasteiger partial charge in [0, 0.05) is 24.8 Å². The molecule has 1 amide bonds. The van der Waals surface area contributed by atoms with E-state index < -0.39 is 0 Å². The molecule has 0 aliphatic carbocycles. The van der Waals surface area contributed by atoms with E-state index in [1.807, 2.05) is 50.2 Å². The minimum Gasteiger partial charge on any atom is -0.463 e. The van der Waals surface area contributed by atoms with Crippen LogP contribution in [0.1, 0.15) is 41.4 Å². The number of rotatable bonds is 7. The highest BCUT2D eigenvalue weighted by atomic mass is 16.3. The molecule has 4 heterocycles. The topological polar surface area (TPSA) is 95.0 Å². The van der Waals surface area contributed by atoms with Crippen LogP contribution in [0.15, 0.2) is 88.5 Å². The van der Waals surface area contributed by atoms with Crippen LogP contribution in [0, 0.1) is 0 Å². The summed E-state index contributed by atoms with van der Waals surface area (Å²) < 4.78 is 8.98. The fraction of sp³-hybridized carbons (Fsp3) is 0.185. The van der Waals surface area contributed by atoms with Gasteiger partial charge in [0.25, 0.3) is 11.5 Å². The summed E-state index contributed by atoms with van der Waals surface area (Å²) in [5.74, 6) is 0.374. The van der Waals surface area contributed by atoms with E-state index in [1.54, 1.807) is 52.2 Å². The molecule has 8 heteroatoms. The molecule has 0 bridgehead atoms. The summed E-state index contributed by atoms with van der Waals surface area (Å²) in [4.78, 5) is 29.9. The number of benzene rings is 1. The van der Waals surface area contributed by atoms with Gasteiger partial charge in [-0.3, -0.25) is 9.59 Å². The highest BCUT2D eigenvalue weighted by molar-refractivity contribution is 6.06. The van der Waals surface area contributed by atoms with E-state index in [0.29, 0.717) is 41.1 Å². The number of carbonyl (C=O) groups excluding carboxylic acids is 1. The molecule has 0 saturated carbocycles. The molecule has 0 saturated heterocycles. The van der Waals surface area contributed by atoms with E-state index in [-0.39, 0.29) is 17.5 Å². The van der Waals surface area contributed by atoms with Gasteiger partial charge in [0.1, 0.15) is 5.69 Å². The van der Waals surface area contributed by atoms with Crippen LogP contribution in [-0.2, 0) is 13.1 Å². The largest absolute Gasteiger partial charge is 0.463 e. The maximum absolute atomic E-state index is 13.2. The van der Waals surface area contributed by atoms with Crippen molar-refractivity contribution in [3.8, 4) is 11.5 Å². The van der Waals surface area contributed by atoms with Gasteiger partial charge in [0.05, 0.1) is 30.0 Å². The average molecular weight is 468 g/mol. The zero-order valence-corrected chi connectivity index (χ0v) is 19.5. The Kier molecular flexibility index (Phi) is 6.01. The third kappa shape index (κ3) is 4.63. The molecule has 5 rings (SSSR count). The van der Waals surface area contributed by atoms with Gasteiger partial charge in [-0.05, 0) is 49.2 Å². The van der Waals surface area contributed by atoms with Gasteiger partial charge < -0.3 is 14.3 Å². The number of aromatic nitrogens is 4. The second kappa shape index (κ2) is 9.42. The molecule has 0 atom stereocenters. The first-order chi connectivity index (χ1) is 17.0. The first-order valence-corrected chi connectivity index (χ1v) is 11.4. The molecule has 35 heavy (non-hydrogen) atoms. The predicted molar refractivity (Wildman–Crippen MR) is 133 cm³/mol. The maximum atomic E-state index is 13.2. The van der Waals surface area contributed by atoms with Crippen LogP contribution in [0.2, 0.25) is 0 Å². The van der Waals surface area contributed by atoms with Gasteiger partial charge in [0.15, 0.2) is 11.4 Å². The van der Waals surface area contributed by atoms with Gasteiger partial charge >= 0.3 is 0 Å². The summed E-state index contributed by atoms with van der Waals surface area (Å²) in [6.07, 6.45) is 5.03. The Hall–Kier alpha value is -4.46. The van der Waals surface area contributed by atoms with E-state index in [2.05, 4.69) is 10.4 Å². The number of nitrogens with one attached hydrogen (secondary N) is 1. The summed E-state index contributed by atoms with van der Waals surface area (Å²) in [5, 5.41) is 8.15. The molecule has 0 unspecified atom stereocenters. The number of nitrogens with zero attached hydrogens (tertiary/aromatic N) is 4. The van der Waals surface area contributed by atoms with Crippen molar-refractivity contribution in [1.82, 2.24) is 24.6 Å².